The number of hydrogen-bond acceptors (Lipinski definition) is 6. The van der Waals surface area contributed by atoms with Crippen molar-refractivity contribution in [3.8, 4) is 11.6 Å². The molecular weight excluding hydrogens is 256 g/mol. The van der Waals surface area contributed by atoms with Gasteiger partial charge in [0.25, 0.3) is 0 Å². The molecule has 3 rings (SSSR count). The quantitative estimate of drug-likeness (QED) is 0.901. The smallest absolute Gasteiger partial charge is 0.242 e. The molecule has 104 valence electrons. The molecule has 1 aromatic carbocycles. The fourth-order valence-electron chi connectivity index (χ4n) is 2.30. The highest BCUT2D eigenvalue weighted by molar-refractivity contribution is 5.77. The van der Waals surface area contributed by atoms with Crippen molar-refractivity contribution in [3.63, 3.8) is 0 Å². The summed E-state index contributed by atoms with van der Waals surface area (Å²) in [6, 6.07) is 7.86. The van der Waals surface area contributed by atoms with Gasteiger partial charge in [-0.3, -0.25) is 0 Å². The van der Waals surface area contributed by atoms with Gasteiger partial charge < -0.3 is 20.1 Å². The summed E-state index contributed by atoms with van der Waals surface area (Å²) < 4.78 is 10.9. The van der Waals surface area contributed by atoms with Gasteiger partial charge in [-0.05, 0) is 18.6 Å². The second-order valence-corrected chi connectivity index (χ2v) is 4.44. The fraction of sp³-hybridized carbons (Fsp3) is 0.286. The zero-order chi connectivity index (χ0) is 13.9. The Bertz CT molecular complexity index is 618. The van der Waals surface area contributed by atoms with Crippen LogP contribution in [0.25, 0.3) is 0 Å². The molecule has 1 aliphatic heterocycles. The van der Waals surface area contributed by atoms with Crippen LogP contribution in [0.5, 0.6) is 11.6 Å². The van der Waals surface area contributed by atoms with Crippen LogP contribution in [-0.2, 0) is 0 Å². The Labute approximate surface area is 117 Å². The maximum atomic E-state index is 6.10. The summed E-state index contributed by atoms with van der Waals surface area (Å²) in [6.07, 6.45) is 2.35. The van der Waals surface area contributed by atoms with E-state index in [1.807, 2.05) is 29.2 Å². The minimum atomic E-state index is 0.387. The summed E-state index contributed by atoms with van der Waals surface area (Å²) in [5.41, 5.74) is 7.49. The number of benzene rings is 1. The van der Waals surface area contributed by atoms with Crippen molar-refractivity contribution >= 4 is 17.2 Å². The molecule has 0 saturated heterocycles. The molecule has 0 bridgehead atoms. The lowest BCUT2D eigenvalue weighted by Crippen LogP contribution is -2.20. The molecule has 0 radical (unpaired) electrons. The zero-order valence-corrected chi connectivity index (χ0v) is 11.2. The van der Waals surface area contributed by atoms with Gasteiger partial charge in [-0.25, -0.2) is 4.98 Å². The summed E-state index contributed by atoms with van der Waals surface area (Å²) in [5, 5.41) is 0. The molecule has 0 saturated carbocycles. The number of methoxy groups -OCH3 is 1. The third-order valence-corrected chi connectivity index (χ3v) is 3.22. The van der Waals surface area contributed by atoms with E-state index in [1.165, 1.54) is 6.33 Å². The first kappa shape index (κ1) is 12.5. The van der Waals surface area contributed by atoms with Crippen molar-refractivity contribution in [2.75, 3.05) is 30.9 Å². The molecular formula is C14H16N4O2. The fourth-order valence-corrected chi connectivity index (χ4v) is 2.30. The van der Waals surface area contributed by atoms with Crippen LogP contribution in [0.3, 0.4) is 0 Å². The zero-order valence-electron chi connectivity index (χ0n) is 11.2. The maximum Gasteiger partial charge on any atom is 0.242 e. The van der Waals surface area contributed by atoms with Gasteiger partial charge in [0.1, 0.15) is 17.8 Å². The molecule has 0 aliphatic carbocycles. The van der Waals surface area contributed by atoms with Crippen LogP contribution in [0, 0.1) is 0 Å². The molecule has 0 spiro atoms. The lowest BCUT2D eigenvalue weighted by molar-refractivity contribution is 0.322. The molecule has 1 aromatic heterocycles. The van der Waals surface area contributed by atoms with Gasteiger partial charge in [0.05, 0.1) is 19.4 Å². The SMILES string of the molecule is COc1ncnc(N2CCCOc3ccccc32)c1N. The minimum absolute atomic E-state index is 0.387. The predicted octanol–water partition coefficient (Wildman–Crippen LogP) is 1.99. The third kappa shape index (κ3) is 2.09. The Balaban J connectivity index is 2.10. The topological polar surface area (TPSA) is 73.5 Å². The molecule has 6 heteroatoms. The van der Waals surface area contributed by atoms with Gasteiger partial charge in [0.15, 0.2) is 5.82 Å². The first-order chi connectivity index (χ1) is 9.81. The number of nitrogens with zero attached hydrogens (tertiary/aromatic N) is 3. The van der Waals surface area contributed by atoms with E-state index in [4.69, 9.17) is 15.2 Å². The number of hydrogen-bond donors (Lipinski definition) is 1. The lowest BCUT2D eigenvalue weighted by atomic mass is 10.2. The predicted molar refractivity (Wildman–Crippen MR) is 76.6 cm³/mol. The van der Waals surface area contributed by atoms with Crippen molar-refractivity contribution in [1.82, 2.24) is 9.97 Å². The third-order valence-electron chi connectivity index (χ3n) is 3.22. The van der Waals surface area contributed by atoms with E-state index >= 15 is 0 Å². The highest BCUT2D eigenvalue weighted by atomic mass is 16.5. The summed E-state index contributed by atoms with van der Waals surface area (Å²) >= 11 is 0. The van der Waals surface area contributed by atoms with Crippen molar-refractivity contribution in [2.45, 2.75) is 6.42 Å². The molecule has 2 aromatic rings. The van der Waals surface area contributed by atoms with Crippen LogP contribution in [-0.4, -0.2) is 30.2 Å². The number of anilines is 3. The van der Waals surface area contributed by atoms with E-state index in [0.29, 0.717) is 24.0 Å². The summed E-state index contributed by atoms with van der Waals surface area (Å²) in [4.78, 5) is 10.4. The van der Waals surface area contributed by atoms with Gasteiger partial charge in [0, 0.05) is 6.54 Å². The lowest BCUT2D eigenvalue weighted by Gasteiger charge is -2.24. The van der Waals surface area contributed by atoms with Crippen LogP contribution < -0.4 is 20.1 Å². The average Bonchev–Trinajstić information content (AvgIpc) is 2.70. The van der Waals surface area contributed by atoms with Crippen LogP contribution in [0.15, 0.2) is 30.6 Å². The van der Waals surface area contributed by atoms with E-state index in [1.54, 1.807) is 7.11 Å². The highest BCUT2D eigenvalue weighted by Gasteiger charge is 2.22. The number of rotatable bonds is 2. The number of ether oxygens (including phenoxy) is 2. The molecule has 6 nitrogen and oxygen atoms in total. The maximum absolute atomic E-state index is 6.10. The minimum Gasteiger partial charge on any atom is -0.491 e. The van der Waals surface area contributed by atoms with E-state index < -0.39 is 0 Å². The van der Waals surface area contributed by atoms with Crippen molar-refractivity contribution < 1.29 is 9.47 Å². The Hall–Kier alpha value is -2.50. The van der Waals surface area contributed by atoms with Gasteiger partial charge in [-0.15, -0.1) is 0 Å². The normalized spacial score (nSPS) is 14.2. The van der Waals surface area contributed by atoms with Crippen LogP contribution in [0.1, 0.15) is 6.42 Å². The molecule has 1 aliphatic rings. The number of nitrogens with two attached hydrogens (primary N) is 1. The Morgan fingerprint density at radius 3 is 3.00 bits per heavy atom. The highest BCUT2D eigenvalue weighted by Crippen LogP contribution is 2.38. The average molecular weight is 272 g/mol. The summed E-state index contributed by atoms with van der Waals surface area (Å²) in [6.45, 7) is 1.46. The van der Waals surface area contributed by atoms with E-state index in [2.05, 4.69) is 9.97 Å². The largest absolute Gasteiger partial charge is 0.491 e. The first-order valence-corrected chi connectivity index (χ1v) is 6.45. The Morgan fingerprint density at radius 2 is 2.15 bits per heavy atom. The van der Waals surface area contributed by atoms with E-state index in [0.717, 1.165) is 24.4 Å². The molecule has 20 heavy (non-hydrogen) atoms. The standard InChI is InChI=1S/C14H16N4O2/c1-19-14-12(15)13(16-9-17-14)18-7-4-8-20-11-6-3-2-5-10(11)18/h2-3,5-6,9H,4,7-8,15H2,1H3. The van der Waals surface area contributed by atoms with Crippen molar-refractivity contribution in [2.24, 2.45) is 0 Å². The second-order valence-electron chi connectivity index (χ2n) is 4.44. The number of para-hydroxylation sites is 2. The summed E-state index contributed by atoms with van der Waals surface area (Å²) in [7, 11) is 1.54. The van der Waals surface area contributed by atoms with Crippen LogP contribution in [0.4, 0.5) is 17.2 Å². The van der Waals surface area contributed by atoms with Crippen molar-refractivity contribution in [1.29, 1.82) is 0 Å². The Kier molecular flexibility index (Phi) is 3.28. The molecule has 2 heterocycles. The summed E-state index contributed by atoms with van der Waals surface area (Å²) in [5.74, 6) is 1.87. The molecule has 0 fully saturated rings. The van der Waals surface area contributed by atoms with Gasteiger partial charge in [-0.1, -0.05) is 12.1 Å². The van der Waals surface area contributed by atoms with E-state index in [9.17, 15) is 0 Å². The molecule has 0 atom stereocenters. The monoisotopic (exact) mass is 272 g/mol. The molecule has 0 amide bonds. The Morgan fingerprint density at radius 1 is 1.30 bits per heavy atom. The molecule has 0 unspecified atom stereocenters. The second kappa shape index (κ2) is 5.24. The van der Waals surface area contributed by atoms with Gasteiger partial charge in [0.2, 0.25) is 5.88 Å². The number of fused-ring (bicyclic) bond motifs is 1. The van der Waals surface area contributed by atoms with Gasteiger partial charge in [-0.2, -0.15) is 4.98 Å². The number of aromatic nitrogens is 2. The van der Waals surface area contributed by atoms with Crippen molar-refractivity contribution in [3.05, 3.63) is 30.6 Å². The van der Waals surface area contributed by atoms with E-state index in [-0.39, 0.29) is 0 Å². The van der Waals surface area contributed by atoms with Crippen LogP contribution in [0.2, 0.25) is 0 Å². The molecule has 2 N–H and O–H groups in total. The number of nitrogen functional groups attached to an aromatic ring is 1. The van der Waals surface area contributed by atoms with Crippen LogP contribution >= 0.6 is 0 Å². The van der Waals surface area contributed by atoms with Gasteiger partial charge >= 0.3 is 0 Å². The first-order valence-electron chi connectivity index (χ1n) is 6.45.